The van der Waals surface area contributed by atoms with Gasteiger partial charge in [-0.1, -0.05) is 6.92 Å². The molecule has 0 fully saturated rings. The van der Waals surface area contributed by atoms with Crippen LogP contribution in [0.3, 0.4) is 0 Å². The van der Waals surface area contributed by atoms with Crippen molar-refractivity contribution >= 4 is 29.0 Å². The lowest BCUT2D eigenvalue weighted by Crippen LogP contribution is -2.20. The summed E-state index contributed by atoms with van der Waals surface area (Å²) in [7, 11) is 0. The van der Waals surface area contributed by atoms with E-state index in [0.717, 1.165) is 6.42 Å². The highest BCUT2D eigenvalue weighted by Gasteiger charge is 2.12. The zero-order valence-corrected chi connectivity index (χ0v) is 8.25. The average Bonchev–Trinajstić information content (AvgIpc) is 1.98. The van der Waals surface area contributed by atoms with Crippen molar-refractivity contribution in [1.82, 2.24) is 0 Å². The lowest BCUT2D eigenvalue weighted by Gasteiger charge is -2.06. The molecule has 0 aromatic heterocycles. The number of esters is 1. The average molecular weight is 258 g/mol. The maximum Gasteiger partial charge on any atom is 0.336 e. The molecule has 0 heterocycles. The molecule has 0 amide bonds. The Kier molecular flexibility index (Phi) is 6.00. The normalized spacial score (nSPS) is 12.7. The molecular weight excluding hydrogens is 247 g/mol. The fraction of sp³-hybridized carbons (Fsp3) is 0.833. The number of hydrogen-bond acceptors (Lipinski definition) is 3. The molecule has 0 rings (SSSR count). The Bertz CT molecular complexity index is 105. The largest absolute Gasteiger partial charge is 0.464 e. The van der Waals surface area contributed by atoms with Crippen LogP contribution in [0.5, 0.6) is 0 Å². The zero-order chi connectivity index (χ0) is 7.98. The number of carbonyl (C=O) groups excluding carboxylic acids is 1. The van der Waals surface area contributed by atoms with Crippen LogP contribution < -0.4 is 0 Å². The minimum Gasteiger partial charge on any atom is -0.464 e. The van der Waals surface area contributed by atoms with E-state index in [1.54, 1.807) is 29.9 Å². The molecule has 0 N–H and O–H groups in total. The first-order chi connectivity index (χ1) is 4.72. The van der Waals surface area contributed by atoms with Gasteiger partial charge in [-0.2, -0.15) is 0 Å². The van der Waals surface area contributed by atoms with E-state index in [-0.39, 0.29) is 5.97 Å². The summed E-state index contributed by atoms with van der Waals surface area (Å²) in [5, 5.41) is 0. The summed E-state index contributed by atoms with van der Waals surface area (Å²) in [6.07, 6.45) is 0.395. The lowest BCUT2D eigenvalue weighted by molar-refractivity contribution is -0.149. The van der Waals surface area contributed by atoms with Gasteiger partial charge in [-0.25, -0.2) is 4.79 Å². The van der Waals surface area contributed by atoms with Crippen LogP contribution in [0.15, 0.2) is 0 Å². The summed E-state index contributed by atoms with van der Waals surface area (Å²) in [4.78, 5) is 10.8. The van der Waals surface area contributed by atoms with Crippen molar-refractivity contribution in [3.8, 4) is 0 Å². The third kappa shape index (κ3) is 4.05. The third-order valence-corrected chi connectivity index (χ3v) is 1.68. The Balaban J connectivity index is 3.42. The van der Waals surface area contributed by atoms with E-state index >= 15 is 0 Å². The van der Waals surface area contributed by atoms with E-state index in [1.165, 1.54) is 0 Å². The number of carbonyl (C=O) groups is 1. The Labute approximate surface area is 74.8 Å². The van der Waals surface area contributed by atoms with Crippen LogP contribution in [-0.4, -0.2) is 18.7 Å². The first kappa shape index (κ1) is 10.2. The molecule has 0 aromatic rings. The predicted molar refractivity (Wildman–Crippen MR) is 45.8 cm³/mol. The Morgan fingerprint density at radius 1 is 1.70 bits per heavy atom. The molecule has 60 valence electrons. The predicted octanol–water partition coefficient (Wildman–Crippen LogP) is 1.69. The van der Waals surface area contributed by atoms with Gasteiger partial charge in [0.1, 0.15) is 23.0 Å². The smallest absolute Gasteiger partial charge is 0.336 e. The minimum atomic E-state index is -0.452. The number of halogens is 1. The van der Waals surface area contributed by atoms with E-state index in [2.05, 4.69) is 0 Å². The van der Waals surface area contributed by atoms with E-state index < -0.39 is 6.10 Å². The van der Waals surface area contributed by atoms with Crippen LogP contribution in [0, 0.1) is 0 Å². The second-order valence-electron chi connectivity index (χ2n) is 1.90. The highest BCUT2D eigenvalue weighted by Crippen LogP contribution is 1.99. The molecule has 0 aliphatic rings. The van der Waals surface area contributed by atoms with Crippen LogP contribution in [0.2, 0.25) is 0 Å². The van der Waals surface area contributed by atoms with E-state index in [9.17, 15) is 4.79 Å². The highest BCUT2D eigenvalue weighted by molar-refractivity contribution is 14.1. The SMILES string of the molecule is CCCOC(=O)C(C)OI. The maximum atomic E-state index is 10.8. The zero-order valence-electron chi connectivity index (χ0n) is 6.09. The van der Waals surface area contributed by atoms with Gasteiger partial charge < -0.3 is 7.80 Å². The number of ether oxygens (including phenoxy) is 1. The van der Waals surface area contributed by atoms with E-state index in [0.29, 0.717) is 6.61 Å². The molecule has 0 bridgehead atoms. The third-order valence-electron chi connectivity index (χ3n) is 0.914. The summed E-state index contributed by atoms with van der Waals surface area (Å²) in [6, 6.07) is 0. The molecule has 0 spiro atoms. The topological polar surface area (TPSA) is 35.5 Å². The van der Waals surface area contributed by atoms with Gasteiger partial charge in [0.15, 0.2) is 6.10 Å². The van der Waals surface area contributed by atoms with E-state index in [1.807, 2.05) is 6.92 Å². The van der Waals surface area contributed by atoms with Crippen molar-refractivity contribution in [1.29, 1.82) is 0 Å². The molecule has 0 saturated heterocycles. The van der Waals surface area contributed by atoms with Gasteiger partial charge in [-0.3, -0.25) is 0 Å². The molecule has 1 unspecified atom stereocenters. The first-order valence-electron chi connectivity index (χ1n) is 3.16. The number of hydrogen-bond donors (Lipinski definition) is 0. The lowest BCUT2D eigenvalue weighted by atomic mass is 10.4. The maximum absolute atomic E-state index is 10.8. The second-order valence-corrected chi connectivity index (χ2v) is 2.41. The number of rotatable bonds is 4. The fourth-order valence-corrected chi connectivity index (χ4v) is 0.564. The Morgan fingerprint density at radius 2 is 2.30 bits per heavy atom. The molecule has 1 atom stereocenters. The molecular formula is C6H11IO3. The summed E-state index contributed by atoms with van der Waals surface area (Å²) >= 11 is 1.68. The highest BCUT2D eigenvalue weighted by atomic mass is 127. The van der Waals surface area contributed by atoms with Gasteiger partial charge in [-0.15, -0.1) is 0 Å². The van der Waals surface area contributed by atoms with Gasteiger partial charge in [0, 0.05) is 0 Å². The Morgan fingerprint density at radius 3 is 2.70 bits per heavy atom. The summed E-state index contributed by atoms with van der Waals surface area (Å²) in [5.74, 6) is -0.295. The van der Waals surface area contributed by atoms with Crippen molar-refractivity contribution in [2.75, 3.05) is 6.61 Å². The molecule has 0 aliphatic heterocycles. The molecule has 0 aliphatic carbocycles. The monoisotopic (exact) mass is 258 g/mol. The molecule has 10 heavy (non-hydrogen) atoms. The van der Waals surface area contributed by atoms with Crippen LogP contribution in [0.4, 0.5) is 0 Å². The van der Waals surface area contributed by atoms with Crippen LogP contribution >= 0.6 is 23.0 Å². The quantitative estimate of drug-likeness (QED) is 0.568. The van der Waals surface area contributed by atoms with Crippen molar-refractivity contribution in [2.24, 2.45) is 0 Å². The van der Waals surface area contributed by atoms with Crippen molar-refractivity contribution in [3.63, 3.8) is 0 Å². The molecule has 0 aromatic carbocycles. The van der Waals surface area contributed by atoms with Crippen molar-refractivity contribution in [2.45, 2.75) is 26.4 Å². The van der Waals surface area contributed by atoms with Crippen molar-refractivity contribution in [3.05, 3.63) is 0 Å². The molecule has 0 saturated carbocycles. The minimum absolute atomic E-state index is 0.295. The second kappa shape index (κ2) is 5.91. The summed E-state index contributed by atoms with van der Waals surface area (Å²) in [6.45, 7) is 4.08. The van der Waals surface area contributed by atoms with Gasteiger partial charge in [0.2, 0.25) is 0 Å². The summed E-state index contributed by atoms with van der Waals surface area (Å²) in [5.41, 5.74) is 0. The fourth-order valence-electron chi connectivity index (χ4n) is 0.356. The van der Waals surface area contributed by atoms with Gasteiger partial charge in [0.25, 0.3) is 0 Å². The molecule has 0 radical (unpaired) electrons. The first-order valence-corrected chi connectivity index (χ1v) is 4.04. The molecule has 4 heteroatoms. The van der Waals surface area contributed by atoms with Gasteiger partial charge in [0.05, 0.1) is 6.61 Å². The Hall–Kier alpha value is 0.160. The van der Waals surface area contributed by atoms with Crippen LogP contribution in [0.1, 0.15) is 20.3 Å². The summed E-state index contributed by atoms with van der Waals surface area (Å²) < 4.78 is 9.48. The van der Waals surface area contributed by atoms with Gasteiger partial charge >= 0.3 is 5.97 Å². The van der Waals surface area contributed by atoms with Crippen molar-refractivity contribution < 1.29 is 12.6 Å². The molecule has 3 nitrogen and oxygen atoms in total. The standard InChI is InChI=1S/C6H11IO3/c1-3-4-9-6(8)5(2)10-7/h5H,3-4H2,1-2H3. The van der Waals surface area contributed by atoms with Crippen LogP contribution in [-0.2, 0) is 12.6 Å². The van der Waals surface area contributed by atoms with Gasteiger partial charge in [-0.05, 0) is 13.3 Å². The van der Waals surface area contributed by atoms with E-state index in [4.69, 9.17) is 7.80 Å². The van der Waals surface area contributed by atoms with Crippen LogP contribution in [0.25, 0.3) is 0 Å².